The normalized spacial score (nSPS) is 17.5. The van der Waals surface area contributed by atoms with Crippen molar-refractivity contribution in [3.05, 3.63) is 47.1 Å². The van der Waals surface area contributed by atoms with Gasteiger partial charge < -0.3 is 10.2 Å². The van der Waals surface area contributed by atoms with Gasteiger partial charge in [0.2, 0.25) is 0 Å². The zero-order valence-corrected chi connectivity index (χ0v) is 16.0. The fourth-order valence-corrected chi connectivity index (χ4v) is 1.50. The van der Waals surface area contributed by atoms with Crippen molar-refractivity contribution >= 4 is 4.21 Å². The van der Waals surface area contributed by atoms with Crippen molar-refractivity contribution in [2.75, 3.05) is 14.2 Å². The van der Waals surface area contributed by atoms with E-state index < -0.39 is 0 Å². The molecule has 112 valence electrons. The summed E-state index contributed by atoms with van der Waals surface area (Å²) < 4.78 is 3.34. The van der Waals surface area contributed by atoms with Crippen LogP contribution in [0.5, 0.6) is 0 Å². The SMILES string of the molecule is CC1=[C-]C(C)C(C)=C1C.C[O-].C[O-].[C-]1=CC=CC1.[CH2]=[Zr+2]. The Bertz CT molecular complexity index is 329. The molecule has 3 heteroatoms. The summed E-state index contributed by atoms with van der Waals surface area (Å²) in [6.07, 6.45) is 13.4. The summed E-state index contributed by atoms with van der Waals surface area (Å²) in [7, 11) is 1.50. The molecule has 0 amide bonds. The molecule has 1 atom stereocenters. The Balaban J connectivity index is -0.000000224. The van der Waals surface area contributed by atoms with E-state index >= 15 is 0 Å². The van der Waals surface area contributed by atoms with Crippen molar-refractivity contribution < 1.29 is 34.4 Å². The molecule has 0 aromatic carbocycles. The molecule has 2 aliphatic rings. The van der Waals surface area contributed by atoms with E-state index in [1.165, 1.54) is 41.0 Å². The van der Waals surface area contributed by atoms with Crippen molar-refractivity contribution in [3.63, 3.8) is 0 Å². The van der Waals surface area contributed by atoms with Gasteiger partial charge in [0.15, 0.2) is 0 Å². The van der Waals surface area contributed by atoms with E-state index in [0.717, 1.165) is 20.6 Å². The first-order valence-electron chi connectivity index (χ1n) is 6.29. The Morgan fingerprint density at radius 3 is 1.75 bits per heavy atom. The van der Waals surface area contributed by atoms with Crippen LogP contribution >= 0.6 is 0 Å². The van der Waals surface area contributed by atoms with Crippen molar-refractivity contribution in [2.45, 2.75) is 34.1 Å². The molecule has 0 fully saturated rings. The molecule has 0 spiro atoms. The van der Waals surface area contributed by atoms with E-state index in [1.807, 2.05) is 12.2 Å². The number of rotatable bonds is 0. The third-order valence-corrected chi connectivity index (χ3v) is 2.82. The van der Waals surface area contributed by atoms with Crippen LogP contribution in [-0.4, -0.2) is 18.4 Å². The second-order valence-corrected chi connectivity index (χ2v) is 3.80. The molecule has 2 rings (SSSR count). The molecule has 0 aromatic rings. The summed E-state index contributed by atoms with van der Waals surface area (Å²) in [5.74, 6) is 0.560. The van der Waals surface area contributed by atoms with E-state index in [9.17, 15) is 0 Å². The molecule has 0 aliphatic heterocycles. The minimum atomic E-state index is 0.560. The maximum atomic E-state index is 8.25. The van der Waals surface area contributed by atoms with E-state index in [-0.39, 0.29) is 0 Å². The van der Waals surface area contributed by atoms with Crippen LogP contribution in [-0.2, 0) is 24.2 Å². The molecular weight excluding hydrogens is 327 g/mol. The van der Waals surface area contributed by atoms with Crippen LogP contribution in [0.3, 0.4) is 0 Å². The summed E-state index contributed by atoms with van der Waals surface area (Å²) >= 11 is 1.30. The Hall–Kier alpha value is -0.367. The zero-order chi connectivity index (χ0) is 16.6. The first kappa shape index (κ1) is 24.6. The molecule has 2 aliphatic carbocycles. The summed E-state index contributed by atoms with van der Waals surface area (Å²) in [4.78, 5) is 0. The molecule has 0 heterocycles. The second kappa shape index (κ2) is 18.6. The van der Waals surface area contributed by atoms with Crippen molar-refractivity contribution in [1.29, 1.82) is 0 Å². The number of hydrogen-bond donors (Lipinski definition) is 0. The minimum absolute atomic E-state index is 0.560. The Morgan fingerprint density at radius 1 is 1.15 bits per heavy atom. The average Bonchev–Trinajstić information content (AvgIpc) is 3.16. The van der Waals surface area contributed by atoms with Crippen LogP contribution < -0.4 is 10.2 Å². The molecule has 0 bridgehead atoms. The zero-order valence-electron chi connectivity index (χ0n) is 13.5. The summed E-state index contributed by atoms with van der Waals surface area (Å²) in [6.45, 7) is 8.67. The predicted octanol–water partition coefficient (Wildman–Crippen LogP) is 1.95. The van der Waals surface area contributed by atoms with Crippen LogP contribution in [0.25, 0.3) is 0 Å². The fourth-order valence-electron chi connectivity index (χ4n) is 1.50. The predicted molar refractivity (Wildman–Crippen MR) is 80.5 cm³/mol. The third-order valence-electron chi connectivity index (χ3n) is 2.82. The molecule has 2 nitrogen and oxygen atoms in total. The van der Waals surface area contributed by atoms with Crippen LogP contribution in [0.1, 0.15) is 34.1 Å². The second-order valence-electron chi connectivity index (χ2n) is 3.80. The average molecular weight is 354 g/mol. The van der Waals surface area contributed by atoms with Gasteiger partial charge in [-0.3, -0.25) is 12.2 Å². The van der Waals surface area contributed by atoms with Gasteiger partial charge in [-0.25, -0.2) is 17.7 Å². The molecule has 0 saturated heterocycles. The molecule has 0 saturated carbocycles. The molecule has 0 aromatic heterocycles. The third kappa shape index (κ3) is 11.5. The topological polar surface area (TPSA) is 46.1 Å². The standard InChI is InChI=1S/C9H13.C5H5.2CH3O.CH2.Zr/c1-6-5-7(2)9(4)8(6)3;1-2-4-5-3-1;2*1-2;;/h6H,1-4H3;1-3H,4H2;2*1H3;1H2;/q4*-1;;+2. The van der Waals surface area contributed by atoms with Gasteiger partial charge in [-0.05, 0) is 0 Å². The summed E-state index contributed by atoms with van der Waals surface area (Å²) in [5, 5.41) is 16.5. The van der Waals surface area contributed by atoms with Gasteiger partial charge in [0, 0.05) is 0 Å². The van der Waals surface area contributed by atoms with Crippen LogP contribution in [0.4, 0.5) is 0 Å². The van der Waals surface area contributed by atoms with Gasteiger partial charge >= 0.3 is 28.4 Å². The van der Waals surface area contributed by atoms with E-state index in [1.54, 1.807) is 0 Å². The van der Waals surface area contributed by atoms with Crippen molar-refractivity contribution in [2.24, 2.45) is 5.92 Å². The van der Waals surface area contributed by atoms with Gasteiger partial charge in [-0.2, -0.15) is 31.4 Å². The molecule has 0 radical (unpaired) electrons. The van der Waals surface area contributed by atoms with Gasteiger partial charge in [0.1, 0.15) is 0 Å². The molecule has 20 heavy (non-hydrogen) atoms. The van der Waals surface area contributed by atoms with E-state index in [4.69, 9.17) is 10.2 Å². The van der Waals surface area contributed by atoms with Crippen molar-refractivity contribution in [1.82, 2.24) is 0 Å². The Morgan fingerprint density at radius 2 is 1.65 bits per heavy atom. The number of allylic oxidation sites excluding steroid dienone is 8. The van der Waals surface area contributed by atoms with Crippen LogP contribution in [0, 0.1) is 18.1 Å². The van der Waals surface area contributed by atoms with Crippen molar-refractivity contribution in [3.8, 4) is 0 Å². The molecule has 1 unspecified atom stereocenters. The first-order chi connectivity index (χ1) is 9.63. The van der Waals surface area contributed by atoms with Gasteiger partial charge in [-0.1, -0.05) is 26.7 Å². The Labute approximate surface area is 139 Å². The Kier molecular flexibility index (Phi) is 23.0. The van der Waals surface area contributed by atoms with Crippen LogP contribution in [0.15, 0.2) is 34.9 Å². The van der Waals surface area contributed by atoms with E-state index in [0.29, 0.717) is 5.92 Å². The number of hydrogen-bond acceptors (Lipinski definition) is 2. The molecular formula is C17H26O2Zr-2. The van der Waals surface area contributed by atoms with Gasteiger partial charge in [-0.15, -0.1) is 13.3 Å². The quantitative estimate of drug-likeness (QED) is 0.625. The molecule has 0 N–H and O–H groups in total. The summed E-state index contributed by atoms with van der Waals surface area (Å²) in [6, 6.07) is 0. The van der Waals surface area contributed by atoms with Crippen LogP contribution in [0.2, 0.25) is 0 Å². The summed E-state index contributed by atoms with van der Waals surface area (Å²) in [5.41, 5.74) is 4.25. The fraction of sp³-hybridized carbons (Fsp3) is 0.471. The van der Waals surface area contributed by atoms with E-state index in [2.05, 4.69) is 50.1 Å². The van der Waals surface area contributed by atoms with Gasteiger partial charge in [0.05, 0.1) is 0 Å². The first-order valence-corrected chi connectivity index (χ1v) is 8.03. The maximum absolute atomic E-state index is 8.25. The monoisotopic (exact) mass is 352 g/mol. The van der Waals surface area contributed by atoms with Gasteiger partial charge in [0.25, 0.3) is 0 Å².